The molecule has 0 heterocycles. The van der Waals surface area contributed by atoms with Gasteiger partial charge in [0.2, 0.25) is 5.75 Å². The molecule has 0 aliphatic rings. The van der Waals surface area contributed by atoms with Crippen LogP contribution in [0.2, 0.25) is 0 Å². The largest absolute Gasteiger partial charge is 0.494 e. The van der Waals surface area contributed by atoms with Gasteiger partial charge in [0.25, 0.3) is 0 Å². The number of methoxy groups -OCH3 is 4. The molecule has 124 valence electrons. The Kier molecular flexibility index (Phi) is 5.68. The summed E-state index contributed by atoms with van der Waals surface area (Å²) in [5, 5.41) is 0. The maximum absolute atomic E-state index is 13.7. The molecule has 0 amide bonds. The lowest BCUT2D eigenvalue weighted by Gasteiger charge is -2.14. The van der Waals surface area contributed by atoms with Crippen molar-refractivity contribution in [3.8, 4) is 23.0 Å². The molecular formula is C18H21FO4. The van der Waals surface area contributed by atoms with E-state index in [1.165, 1.54) is 13.2 Å². The van der Waals surface area contributed by atoms with Gasteiger partial charge in [-0.3, -0.25) is 0 Å². The van der Waals surface area contributed by atoms with Crippen LogP contribution in [0.5, 0.6) is 23.0 Å². The molecular weight excluding hydrogens is 299 g/mol. The van der Waals surface area contributed by atoms with E-state index in [-0.39, 0.29) is 11.6 Å². The number of hydrogen-bond donors (Lipinski definition) is 0. The molecule has 2 rings (SSSR count). The Morgan fingerprint density at radius 2 is 1.26 bits per heavy atom. The molecule has 23 heavy (non-hydrogen) atoms. The third-order valence-corrected chi connectivity index (χ3v) is 3.64. The molecule has 0 spiro atoms. The van der Waals surface area contributed by atoms with Crippen LogP contribution in [0, 0.1) is 5.82 Å². The Morgan fingerprint density at radius 1 is 0.696 bits per heavy atom. The first kappa shape index (κ1) is 16.9. The van der Waals surface area contributed by atoms with E-state index in [2.05, 4.69) is 0 Å². The molecule has 0 saturated carbocycles. The van der Waals surface area contributed by atoms with Crippen molar-refractivity contribution in [2.24, 2.45) is 0 Å². The molecule has 0 aliphatic carbocycles. The average Bonchev–Trinajstić information content (AvgIpc) is 2.58. The van der Waals surface area contributed by atoms with Gasteiger partial charge in [-0.1, -0.05) is 6.07 Å². The third kappa shape index (κ3) is 3.86. The SMILES string of the molecule is COc1ccc(CCc2cc(OC)c(OC)c(OC)c2)cc1F. The summed E-state index contributed by atoms with van der Waals surface area (Å²) in [4.78, 5) is 0. The van der Waals surface area contributed by atoms with E-state index in [4.69, 9.17) is 18.9 Å². The highest BCUT2D eigenvalue weighted by atomic mass is 19.1. The maximum Gasteiger partial charge on any atom is 0.203 e. The molecule has 0 fully saturated rings. The number of halogens is 1. The predicted octanol–water partition coefficient (Wildman–Crippen LogP) is 3.65. The van der Waals surface area contributed by atoms with Crippen LogP contribution in [0.1, 0.15) is 11.1 Å². The highest BCUT2D eigenvalue weighted by molar-refractivity contribution is 5.54. The molecule has 0 unspecified atom stereocenters. The summed E-state index contributed by atoms with van der Waals surface area (Å²) < 4.78 is 34.6. The van der Waals surface area contributed by atoms with Crippen LogP contribution in [0.3, 0.4) is 0 Å². The number of rotatable bonds is 7. The Bertz CT molecular complexity index is 645. The number of ether oxygens (including phenoxy) is 4. The maximum atomic E-state index is 13.7. The Hall–Kier alpha value is -2.43. The van der Waals surface area contributed by atoms with Gasteiger partial charge in [-0.15, -0.1) is 0 Å². The first-order chi connectivity index (χ1) is 11.1. The third-order valence-electron chi connectivity index (χ3n) is 3.64. The monoisotopic (exact) mass is 320 g/mol. The van der Waals surface area contributed by atoms with Crippen LogP contribution < -0.4 is 18.9 Å². The number of benzene rings is 2. The summed E-state index contributed by atoms with van der Waals surface area (Å²) in [6, 6.07) is 8.80. The van der Waals surface area contributed by atoms with Gasteiger partial charge in [0.15, 0.2) is 23.1 Å². The van der Waals surface area contributed by atoms with Gasteiger partial charge in [0.05, 0.1) is 28.4 Å². The van der Waals surface area contributed by atoms with Crippen molar-refractivity contribution >= 4 is 0 Å². The van der Waals surface area contributed by atoms with Crippen LogP contribution in [0.25, 0.3) is 0 Å². The molecule has 0 atom stereocenters. The van der Waals surface area contributed by atoms with Crippen LogP contribution in [-0.4, -0.2) is 28.4 Å². The summed E-state index contributed by atoms with van der Waals surface area (Å²) in [6.07, 6.45) is 1.42. The molecule has 0 aromatic heterocycles. The summed E-state index contributed by atoms with van der Waals surface area (Å²) in [5.41, 5.74) is 1.92. The summed E-state index contributed by atoms with van der Waals surface area (Å²) in [6.45, 7) is 0. The summed E-state index contributed by atoms with van der Waals surface area (Å²) in [7, 11) is 6.19. The van der Waals surface area contributed by atoms with E-state index in [0.717, 1.165) is 17.5 Å². The fourth-order valence-electron chi connectivity index (χ4n) is 2.43. The second kappa shape index (κ2) is 7.72. The van der Waals surface area contributed by atoms with Gasteiger partial charge >= 0.3 is 0 Å². The van der Waals surface area contributed by atoms with Crippen molar-refractivity contribution in [3.63, 3.8) is 0 Å². The van der Waals surface area contributed by atoms with Gasteiger partial charge in [0.1, 0.15) is 0 Å². The van der Waals surface area contributed by atoms with Crippen molar-refractivity contribution in [2.45, 2.75) is 12.8 Å². The van der Waals surface area contributed by atoms with Crippen molar-refractivity contribution in [2.75, 3.05) is 28.4 Å². The van der Waals surface area contributed by atoms with Gasteiger partial charge in [0, 0.05) is 0 Å². The normalized spacial score (nSPS) is 10.3. The quantitative estimate of drug-likeness (QED) is 0.780. The Balaban J connectivity index is 2.18. The van der Waals surface area contributed by atoms with Gasteiger partial charge in [-0.05, 0) is 48.2 Å². The second-order valence-electron chi connectivity index (χ2n) is 5.00. The van der Waals surface area contributed by atoms with E-state index in [1.807, 2.05) is 18.2 Å². The Morgan fingerprint density at radius 3 is 1.74 bits per heavy atom. The minimum atomic E-state index is -0.352. The molecule has 2 aromatic carbocycles. The van der Waals surface area contributed by atoms with Crippen LogP contribution in [0.4, 0.5) is 4.39 Å². The van der Waals surface area contributed by atoms with Crippen LogP contribution in [-0.2, 0) is 12.8 Å². The average molecular weight is 320 g/mol. The zero-order valence-electron chi connectivity index (χ0n) is 13.8. The Labute approximate surface area is 135 Å². The highest BCUT2D eigenvalue weighted by Gasteiger charge is 2.13. The minimum Gasteiger partial charge on any atom is -0.494 e. The zero-order chi connectivity index (χ0) is 16.8. The molecule has 0 radical (unpaired) electrons. The van der Waals surface area contributed by atoms with Crippen LogP contribution in [0.15, 0.2) is 30.3 Å². The summed E-state index contributed by atoms with van der Waals surface area (Å²) in [5.74, 6) is 1.69. The topological polar surface area (TPSA) is 36.9 Å². The lowest BCUT2D eigenvalue weighted by molar-refractivity contribution is 0.324. The zero-order valence-corrected chi connectivity index (χ0v) is 13.8. The van der Waals surface area contributed by atoms with Gasteiger partial charge in [-0.2, -0.15) is 0 Å². The van der Waals surface area contributed by atoms with Gasteiger partial charge < -0.3 is 18.9 Å². The molecule has 0 aliphatic heterocycles. The minimum absolute atomic E-state index is 0.251. The van der Waals surface area contributed by atoms with Crippen molar-refractivity contribution in [1.29, 1.82) is 0 Å². The van der Waals surface area contributed by atoms with E-state index in [1.54, 1.807) is 27.4 Å². The summed E-state index contributed by atoms with van der Waals surface area (Å²) >= 11 is 0. The molecule has 4 nitrogen and oxygen atoms in total. The molecule has 0 saturated heterocycles. The number of hydrogen-bond acceptors (Lipinski definition) is 4. The second-order valence-corrected chi connectivity index (χ2v) is 5.00. The fourth-order valence-corrected chi connectivity index (χ4v) is 2.43. The first-order valence-corrected chi connectivity index (χ1v) is 7.24. The van der Waals surface area contributed by atoms with E-state index in [9.17, 15) is 4.39 Å². The first-order valence-electron chi connectivity index (χ1n) is 7.24. The highest BCUT2D eigenvalue weighted by Crippen LogP contribution is 2.38. The molecule has 2 aromatic rings. The van der Waals surface area contributed by atoms with E-state index in [0.29, 0.717) is 23.7 Å². The lowest BCUT2D eigenvalue weighted by Crippen LogP contribution is -1.99. The predicted molar refractivity (Wildman–Crippen MR) is 86.5 cm³/mol. The smallest absolute Gasteiger partial charge is 0.203 e. The van der Waals surface area contributed by atoms with E-state index < -0.39 is 0 Å². The standard InChI is InChI=1S/C18H21FO4/c1-20-15-8-7-12(9-14(15)19)5-6-13-10-16(21-2)18(23-4)17(11-13)22-3/h7-11H,5-6H2,1-4H3. The van der Waals surface area contributed by atoms with Crippen LogP contribution >= 0.6 is 0 Å². The van der Waals surface area contributed by atoms with E-state index >= 15 is 0 Å². The molecule has 5 heteroatoms. The van der Waals surface area contributed by atoms with Crippen molar-refractivity contribution < 1.29 is 23.3 Å². The number of aryl methyl sites for hydroxylation is 2. The van der Waals surface area contributed by atoms with Gasteiger partial charge in [-0.25, -0.2) is 4.39 Å². The lowest BCUT2D eigenvalue weighted by atomic mass is 10.0. The fraction of sp³-hybridized carbons (Fsp3) is 0.333. The molecule has 0 bridgehead atoms. The van der Waals surface area contributed by atoms with Crippen molar-refractivity contribution in [3.05, 3.63) is 47.3 Å². The molecule has 0 N–H and O–H groups in total. The van der Waals surface area contributed by atoms with Crippen molar-refractivity contribution in [1.82, 2.24) is 0 Å².